The summed E-state index contributed by atoms with van der Waals surface area (Å²) < 4.78 is 4.62. The zero-order chi connectivity index (χ0) is 11.0. The molecule has 14 heavy (non-hydrogen) atoms. The van der Waals surface area contributed by atoms with Crippen LogP contribution in [0.4, 0.5) is 0 Å². The van der Waals surface area contributed by atoms with Crippen molar-refractivity contribution >= 4 is 29.1 Å². The van der Waals surface area contributed by atoms with Gasteiger partial charge in [0.25, 0.3) is 0 Å². The second-order valence-corrected chi connectivity index (χ2v) is 3.30. The third-order valence-corrected chi connectivity index (χ3v) is 1.62. The molecule has 78 valence electrons. The molecule has 0 fully saturated rings. The SMILES string of the molecule is CCOC(C)=N.Clc1cccc(Cl)c1. The van der Waals surface area contributed by atoms with Crippen molar-refractivity contribution in [1.82, 2.24) is 0 Å². The van der Waals surface area contributed by atoms with E-state index in [2.05, 4.69) is 4.74 Å². The van der Waals surface area contributed by atoms with Crippen LogP contribution in [0.25, 0.3) is 0 Å². The minimum Gasteiger partial charge on any atom is -0.482 e. The lowest BCUT2D eigenvalue weighted by molar-refractivity contribution is 0.321. The molecule has 0 aromatic heterocycles. The summed E-state index contributed by atoms with van der Waals surface area (Å²) >= 11 is 11.1. The second kappa shape index (κ2) is 7.65. The van der Waals surface area contributed by atoms with Crippen molar-refractivity contribution in [2.75, 3.05) is 6.61 Å². The van der Waals surface area contributed by atoms with Crippen molar-refractivity contribution in [3.8, 4) is 0 Å². The van der Waals surface area contributed by atoms with Crippen LogP contribution in [0.3, 0.4) is 0 Å². The maximum absolute atomic E-state index is 6.67. The predicted molar refractivity (Wildman–Crippen MR) is 61.5 cm³/mol. The zero-order valence-corrected chi connectivity index (χ0v) is 9.69. The Hall–Kier alpha value is -0.730. The van der Waals surface area contributed by atoms with E-state index in [1.807, 2.05) is 13.0 Å². The molecule has 0 atom stereocenters. The summed E-state index contributed by atoms with van der Waals surface area (Å²) in [4.78, 5) is 0. The van der Waals surface area contributed by atoms with Gasteiger partial charge in [-0.1, -0.05) is 29.3 Å². The second-order valence-electron chi connectivity index (χ2n) is 2.43. The summed E-state index contributed by atoms with van der Waals surface area (Å²) in [6, 6.07) is 7.08. The summed E-state index contributed by atoms with van der Waals surface area (Å²) in [7, 11) is 0. The van der Waals surface area contributed by atoms with E-state index in [0.29, 0.717) is 16.7 Å². The topological polar surface area (TPSA) is 33.1 Å². The highest BCUT2D eigenvalue weighted by molar-refractivity contribution is 6.34. The molecule has 0 amide bonds. The van der Waals surface area contributed by atoms with E-state index in [1.54, 1.807) is 25.1 Å². The van der Waals surface area contributed by atoms with Gasteiger partial charge in [-0.05, 0) is 25.1 Å². The number of hydrogen-bond donors (Lipinski definition) is 1. The van der Waals surface area contributed by atoms with Crippen molar-refractivity contribution in [2.45, 2.75) is 13.8 Å². The third-order valence-electron chi connectivity index (χ3n) is 1.15. The molecule has 0 aliphatic heterocycles. The summed E-state index contributed by atoms with van der Waals surface area (Å²) in [5, 5.41) is 8.03. The fourth-order valence-corrected chi connectivity index (χ4v) is 1.11. The maximum atomic E-state index is 6.67. The molecule has 0 saturated heterocycles. The smallest absolute Gasteiger partial charge is 0.177 e. The minimum atomic E-state index is 0.289. The average molecular weight is 234 g/mol. The maximum Gasteiger partial charge on any atom is 0.177 e. The molecular weight excluding hydrogens is 221 g/mol. The average Bonchev–Trinajstić information content (AvgIpc) is 2.03. The van der Waals surface area contributed by atoms with Crippen LogP contribution in [0.15, 0.2) is 24.3 Å². The highest BCUT2D eigenvalue weighted by atomic mass is 35.5. The van der Waals surface area contributed by atoms with E-state index >= 15 is 0 Å². The molecule has 1 N–H and O–H groups in total. The van der Waals surface area contributed by atoms with Gasteiger partial charge < -0.3 is 4.74 Å². The number of halogens is 2. The first-order valence-electron chi connectivity index (χ1n) is 4.15. The molecule has 0 bridgehead atoms. The predicted octanol–water partition coefficient (Wildman–Crippen LogP) is 4.01. The van der Waals surface area contributed by atoms with E-state index in [4.69, 9.17) is 28.6 Å². The fraction of sp³-hybridized carbons (Fsp3) is 0.300. The lowest BCUT2D eigenvalue weighted by Gasteiger charge is -1.93. The summed E-state index contributed by atoms with van der Waals surface area (Å²) in [6.45, 7) is 4.08. The van der Waals surface area contributed by atoms with Crippen LogP contribution < -0.4 is 0 Å². The molecule has 1 aromatic carbocycles. The Morgan fingerprint density at radius 3 is 2.00 bits per heavy atom. The lowest BCUT2D eigenvalue weighted by Crippen LogP contribution is -1.94. The Morgan fingerprint density at radius 2 is 1.86 bits per heavy atom. The zero-order valence-electron chi connectivity index (χ0n) is 8.18. The first-order valence-corrected chi connectivity index (χ1v) is 4.91. The highest BCUT2D eigenvalue weighted by Gasteiger charge is 1.85. The summed E-state index contributed by atoms with van der Waals surface area (Å²) in [5.41, 5.74) is 0. The van der Waals surface area contributed by atoms with Crippen LogP contribution in [-0.2, 0) is 4.74 Å². The molecule has 4 heteroatoms. The van der Waals surface area contributed by atoms with Crippen molar-refractivity contribution in [2.24, 2.45) is 0 Å². The molecule has 0 saturated carbocycles. The standard InChI is InChI=1S/C6H4Cl2.C4H9NO/c7-5-2-1-3-6(8)4-5;1-3-6-4(2)5/h1-4H;5H,3H2,1-2H3. The fourth-order valence-electron chi connectivity index (χ4n) is 0.676. The van der Waals surface area contributed by atoms with E-state index < -0.39 is 0 Å². The van der Waals surface area contributed by atoms with Gasteiger partial charge in [0, 0.05) is 17.0 Å². The molecule has 0 aliphatic rings. The number of hydrogen-bond acceptors (Lipinski definition) is 2. The molecule has 1 aromatic rings. The van der Waals surface area contributed by atoms with Gasteiger partial charge in [-0.25, -0.2) is 0 Å². The summed E-state index contributed by atoms with van der Waals surface area (Å²) in [5.74, 6) is 0.289. The van der Waals surface area contributed by atoms with E-state index in [-0.39, 0.29) is 5.90 Å². The van der Waals surface area contributed by atoms with Crippen LogP contribution in [0.2, 0.25) is 10.0 Å². The van der Waals surface area contributed by atoms with Crippen LogP contribution in [0.5, 0.6) is 0 Å². The molecule has 0 aliphatic carbocycles. The molecule has 2 nitrogen and oxygen atoms in total. The molecule has 0 spiro atoms. The summed E-state index contributed by atoms with van der Waals surface area (Å²) in [6.07, 6.45) is 0. The van der Waals surface area contributed by atoms with E-state index in [1.165, 1.54) is 0 Å². The van der Waals surface area contributed by atoms with Gasteiger partial charge >= 0.3 is 0 Å². The van der Waals surface area contributed by atoms with Crippen LogP contribution in [0.1, 0.15) is 13.8 Å². The molecule has 0 radical (unpaired) electrons. The molecular formula is C10H13Cl2NO. The largest absolute Gasteiger partial charge is 0.482 e. The van der Waals surface area contributed by atoms with Gasteiger partial charge in [0.2, 0.25) is 0 Å². The van der Waals surface area contributed by atoms with Crippen LogP contribution in [-0.4, -0.2) is 12.5 Å². The van der Waals surface area contributed by atoms with Gasteiger partial charge in [-0.15, -0.1) is 0 Å². The molecule has 0 unspecified atom stereocenters. The van der Waals surface area contributed by atoms with Gasteiger partial charge in [-0.2, -0.15) is 0 Å². The number of ether oxygens (including phenoxy) is 1. The molecule has 1 rings (SSSR count). The Bertz CT molecular complexity index is 272. The van der Waals surface area contributed by atoms with Crippen molar-refractivity contribution in [3.05, 3.63) is 34.3 Å². The van der Waals surface area contributed by atoms with Crippen molar-refractivity contribution < 1.29 is 4.74 Å². The minimum absolute atomic E-state index is 0.289. The van der Waals surface area contributed by atoms with E-state index in [0.717, 1.165) is 0 Å². The molecule has 0 heterocycles. The van der Waals surface area contributed by atoms with Gasteiger partial charge in [-0.3, -0.25) is 5.41 Å². The van der Waals surface area contributed by atoms with Crippen molar-refractivity contribution in [1.29, 1.82) is 5.41 Å². The Balaban J connectivity index is 0.000000255. The third kappa shape index (κ3) is 7.90. The number of nitrogens with one attached hydrogen (secondary N) is 1. The van der Waals surface area contributed by atoms with Crippen molar-refractivity contribution in [3.63, 3.8) is 0 Å². The highest BCUT2D eigenvalue weighted by Crippen LogP contribution is 2.13. The van der Waals surface area contributed by atoms with Gasteiger partial charge in [0.1, 0.15) is 0 Å². The monoisotopic (exact) mass is 233 g/mol. The van der Waals surface area contributed by atoms with Gasteiger partial charge in [0.05, 0.1) is 6.61 Å². The van der Waals surface area contributed by atoms with E-state index in [9.17, 15) is 0 Å². The number of benzene rings is 1. The lowest BCUT2D eigenvalue weighted by atomic mass is 10.4. The normalized spacial score (nSPS) is 8.57. The Labute approximate surface area is 94.3 Å². The Morgan fingerprint density at radius 1 is 1.36 bits per heavy atom. The quantitative estimate of drug-likeness (QED) is 0.577. The van der Waals surface area contributed by atoms with Crippen LogP contribution >= 0.6 is 23.2 Å². The first kappa shape index (κ1) is 13.3. The van der Waals surface area contributed by atoms with Gasteiger partial charge in [0.15, 0.2) is 5.90 Å². The first-order chi connectivity index (χ1) is 6.56. The van der Waals surface area contributed by atoms with Crippen LogP contribution in [0, 0.1) is 5.41 Å². The Kier molecular flexibility index (Phi) is 7.25. The number of rotatable bonds is 1.